The van der Waals surface area contributed by atoms with E-state index in [0.717, 1.165) is 0 Å². The average Bonchev–Trinajstić information content (AvgIpc) is 2.11. The van der Waals surface area contributed by atoms with Crippen molar-refractivity contribution in [2.75, 3.05) is 26.8 Å². The van der Waals surface area contributed by atoms with Gasteiger partial charge in [-0.15, -0.1) is 0 Å². The molecule has 1 amide bonds. The lowest BCUT2D eigenvalue weighted by Crippen LogP contribution is -2.57. The van der Waals surface area contributed by atoms with Gasteiger partial charge in [-0.2, -0.15) is 4.65 Å². The van der Waals surface area contributed by atoms with E-state index < -0.39 is 10.6 Å². The van der Waals surface area contributed by atoms with Gasteiger partial charge in [-0.3, -0.25) is 9.69 Å². The summed E-state index contributed by atoms with van der Waals surface area (Å²) < 4.78 is 25.2. The summed E-state index contributed by atoms with van der Waals surface area (Å²) in [6, 6.07) is 0. The lowest BCUT2D eigenvalue weighted by atomic mass is 10.1. The Kier molecular flexibility index (Phi) is 3.30. The summed E-state index contributed by atoms with van der Waals surface area (Å²) in [7, 11) is 1.55. The van der Waals surface area contributed by atoms with Crippen molar-refractivity contribution in [1.29, 1.82) is 0 Å². The highest BCUT2D eigenvalue weighted by Gasteiger charge is 2.43. The Morgan fingerprint density at radius 3 is 2.33 bits per heavy atom. The third-order valence-corrected chi connectivity index (χ3v) is 2.80. The van der Waals surface area contributed by atoms with E-state index in [1.54, 1.807) is 7.05 Å². The molecule has 1 fully saturated rings. The Labute approximate surface area is 87.6 Å². The molecule has 0 aromatic rings. The minimum absolute atomic E-state index is 0.00931. The molecule has 0 aliphatic carbocycles. The summed E-state index contributed by atoms with van der Waals surface area (Å²) >= 11 is 0. The predicted octanol–water partition coefficient (Wildman–Crippen LogP) is 1.06. The number of quaternary nitrogens is 1. The molecule has 4 nitrogen and oxygen atoms in total. The first-order valence-corrected chi connectivity index (χ1v) is 4.92. The molecule has 1 aliphatic rings. The SMILES string of the molecule is CC(=O)N(C)C[N+]1(O)CCC(F)(F)CC1. The van der Waals surface area contributed by atoms with Gasteiger partial charge in [0.05, 0.1) is 12.8 Å². The average molecular weight is 223 g/mol. The fraction of sp³-hybridized carbons (Fsp3) is 0.889. The molecule has 0 unspecified atom stereocenters. The zero-order valence-corrected chi connectivity index (χ0v) is 9.04. The Balaban J connectivity index is 2.52. The molecule has 0 aromatic heterocycles. The molecule has 0 aromatic carbocycles. The second kappa shape index (κ2) is 4.02. The van der Waals surface area contributed by atoms with Crippen molar-refractivity contribution >= 4 is 5.91 Å². The number of amides is 1. The first-order valence-electron chi connectivity index (χ1n) is 4.92. The number of halogens is 2. The van der Waals surface area contributed by atoms with E-state index in [1.807, 2.05) is 0 Å². The van der Waals surface area contributed by atoms with E-state index in [-0.39, 0.29) is 38.5 Å². The van der Waals surface area contributed by atoms with Gasteiger partial charge in [0.1, 0.15) is 13.1 Å². The van der Waals surface area contributed by atoms with Crippen LogP contribution in [0.1, 0.15) is 19.8 Å². The van der Waals surface area contributed by atoms with Crippen molar-refractivity contribution in [3.63, 3.8) is 0 Å². The van der Waals surface area contributed by atoms with Crippen molar-refractivity contribution in [3.05, 3.63) is 0 Å². The van der Waals surface area contributed by atoms with E-state index in [1.165, 1.54) is 11.8 Å². The molecule has 1 aliphatic heterocycles. The van der Waals surface area contributed by atoms with Crippen LogP contribution < -0.4 is 0 Å². The van der Waals surface area contributed by atoms with Crippen LogP contribution in [0.5, 0.6) is 0 Å². The summed E-state index contributed by atoms with van der Waals surface area (Å²) in [5.41, 5.74) is 0. The van der Waals surface area contributed by atoms with Crippen molar-refractivity contribution in [3.8, 4) is 0 Å². The third kappa shape index (κ3) is 3.39. The second-order valence-corrected chi connectivity index (χ2v) is 4.26. The van der Waals surface area contributed by atoms with E-state index in [4.69, 9.17) is 0 Å². The number of alkyl halides is 2. The number of piperidine rings is 1. The number of hydroxylamine groups is 3. The lowest BCUT2D eigenvalue weighted by molar-refractivity contribution is -1.11. The monoisotopic (exact) mass is 223 g/mol. The summed E-state index contributed by atoms with van der Waals surface area (Å²) in [6.07, 6.45) is -0.648. The van der Waals surface area contributed by atoms with Gasteiger partial charge in [-0.1, -0.05) is 0 Å². The van der Waals surface area contributed by atoms with E-state index in [0.29, 0.717) is 0 Å². The van der Waals surface area contributed by atoms with Crippen LogP contribution in [0.25, 0.3) is 0 Å². The second-order valence-electron chi connectivity index (χ2n) is 4.26. The fourth-order valence-electron chi connectivity index (χ4n) is 1.62. The Hall–Kier alpha value is -0.750. The van der Waals surface area contributed by atoms with E-state index >= 15 is 0 Å². The molecule has 1 heterocycles. The van der Waals surface area contributed by atoms with Crippen LogP contribution in [-0.4, -0.2) is 53.4 Å². The van der Waals surface area contributed by atoms with Gasteiger partial charge in [0, 0.05) is 14.0 Å². The molecule has 0 spiro atoms. The molecule has 0 radical (unpaired) electrons. The highest BCUT2D eigenvalue weighted by molar-refractivity contribution is 5.72. The predicted molar refractivity (Wildman–Crippen MR) is 49.3 cm³/mol. The van der Waals surface area contributed by atoms with Gasteiger partial charge >= 0.3 is 0 Å². The van der Waals surface area contributed by atoms with Crippen LogP contribution in [0.4, 0.5) is 8.78 Å². The van der Waals surface area contributed by atoms with Gasteiger partial charge in [0.2, 0.25) is 5.91 Å². The van der Waals surface area contributed by atoms with Crippen molar-refractivity contribution in [2.45, 2.75) is 25.7 Å². The fourth-order valence-corrected chi connectivity index (χ4v) is 1.62. The Morgan fingerprint density at radius 1 is 1.47 bits per heavy atom. The molecular weight excluding hydrogens is 206 g/mol. The molecule has 15 heavy (non-hydrogen) atoms. The maximum absolute atomic E-state index is 12.8. The number of hydrogen-bond donors (Lipinski definition) is 1. The van der Waals surface area contributed by atoms with Crippen molar-refractivity contribution in [1.82, 2.24) is 4.90 Å². The van der Waals surface area contributed by atoms with Gasteiger partial charge in [0.15, 0.2) is 6.67 Å². The molecule has 1 saturated heterocycles. The van der Waals surface area contributed by atoms with Gasteiger partial charge in [-0.05, 0) is 0 Å². The van der Waals surface area contributed by atoms with Crippen LogP contribution in [0.2, 0.25) is 0 Å². The smallest absolute Gasteiger partial charge is 0.259 e. The normalized spacial score (nSPS) is 23.5. The first kappa shape index (κ1) is 12.3. The maximum Gasteiger partial charge on any atom is 0.259 e. The van der Waals surface area contributed by atoms with Crippen LogP contribution in [-0.2, 0) is 4.79 Å². The Bertz CT molecular complexity index is 248. The molecular formula is C9H17F2N2O2+. The van der Waals surface area contributed by atoms with Crippen molar-refractivity contribution < 1.29 is 23.4 Å². The molecule has 0 atom stereocenters. The summed E-state index contributed by atoms with van der Waals surface area (Å²) in [5, 5.41) is 9.93. The number of rotatable bonds is 2. The minimum atomic E-state index is -2.67. The maximum atomic E-state index is 12.8. The van der Waals surface area contributed by atoms with Gasteiger partial charge in [-0.25, -0.2) is 14.0 Å². The van der Waals surface area contributed by atoms with Gasteiger partial charge in [0.25, 0.3) is 5.92 Å². The summed E-state index contributed by atoms with van der Waals surface area (Å²) in [6.45, 7) is 1.44. The van der Waals surface area contributed by atoms with E-state index in [2.05, 4.69) is 0 Å². The quantitative estimate of drug-likeness (QED) is 0.711. The Morgan fingerprint density at radius 2 is 1.93 bits per heavy atom. The third-order valence-electron chi connectivity index (χ3n) is 2.80. The van der Waals surface area contributed by atoms with Crippen LogP contribution in [0.15, 0.2) is 0 Å². The number of nitrogens with zero attached hydrogens (tertiary/aromatic N) is 2. The lowest BCUT2D eigenvalue weighted by Gasteiger charge is -2.38. The molecule has 1 rings (SSSR count). The minimum Gasteiger partial charge on any atom is -0.296 e. The molecule has 0 bridgehead atoms. The van der Waals surface area contributed by atoms with Crippen LogP contribution in [0.3, 0.4) is 0 Å². The van der Waals surface area contributed by atoms with Crippen LogP contribution >= 0.6 is 0 Å². The number of carbonyl (C=O) groups excluding carboxylic acids is 1. The largest absolute Gasteiger partial charge is 0.296 e. The first-order chi connectivity index (χ1) is 6.74. The standard InChI is InChI=1S/C9H17F2N2O2/c1-8(14)12(2)7-13(15)5-3-9(10,11)4-6-13/h15H,3-7H2,1-2H3/q+1. The van der Waals surface area contributed by atoms with Crippen molar-refractivity contribution in [2.24, 2.45) is 0 Å². The summed E-state index contributed by atoms with van der Waals surface area (Å²) in [4.78, 5) is 12.3. The summed E-state index contributed by atoms with van der Waals surface area (Å²) in [5.74, 6) is -2.85. The van der Waals surface area contributed by atoms with Gasteiger partial charge < -0.3 is 0 Å². The molecule has 1 N–H and O–H groups in total. The topological polar surface area (TPSA) is 40.5 Å². The molecule has 88 valence electrons. The van der Waals surface area contributed by atoms with Crippen LogP contribution in [0, 0.1) is 0 Å². The van der Waals surface area contributed by atoms with E-state index in [9.17, 15) is 18.8 Å². The molecule has 0 saturated carbocycles. The highest BCUT2D eigenvalue weighted by Crippen LogP contribution is 2.30. The zero-order chi connectivity index (χ0) is 11.7. The number of hydrogen-bond acceptors (Lipinski definition) is 2. The highest BCUT2D eigenvalue weighted by atomic mass is 19.3. The zero-order valence-electron chi connectivity index (χ0n) is 9.04. The number of carbonyl (C=O) groups is 1. The number of likely N-dealkylation sites (tertiary alicyclic amines) is 1. The molecule has 6 heteroatoms.